The monoisotopic (exact) mass is 349 g/mol. The maximum absolute atomic E-state index is 5.44. The van der Waals surface area contributed by atoms with Crippen molar-refractivity contribution in [2.24, 2.45) is 0 Å². The lowest BCUT2D eigenvalue weighted by atomic mass is 10.1. The van der Waals surface area contributed by atoms with Crippen molar-refractivity contribution in [1.82, 2.24) is 0 Å². The average molecular weight is 350 g/mol. The highest BCUT2D eigenvalue weighted by atomic mass is 79.9. The summed E-state index contributed by atoms with van der Waals surface area (Å²) < 4.78 is 17.3. The maximum Gasteiger partial charge on any atom is 0.231 e. The highest BCUT2D eigenvalue weighted by Crippen LogP contribution is 2.41. The van der Waals surface area contributed by atoms with Crippen LogP contribution in [0.3, 0.4) is 0 Å². The Bertz CT molecular complexity index is 673. The molecule has 0 fully saturated rings. The molecule has 2 aromatic rings. The van der Waals surface area contributed by atoms with Crippen molar-refractivity contribution >= 4 is 21.6 Å². The number of aryl methyl sites for hydroxylation is 1. The third-order valence-corrected chi connectivity index (χ3v) is 3.88. The summed E-state index contributed by atoms with van der Waals surface area (Å²) in [5, 5.41) is 3.43. The summed E-state index contributed by atoms with van der Waals surface area (Å²) in [5.41, 5.74) is 3.38. The zero-order valence-electron chi connectivity index (χ0n) is 11.9. The molecule has 1 heterocycles. The van der Waals surface area contributed by atoms with Crippen LogP contribution in [0, 0.1) is 6.92 Å². The van der Waals surface area contributed by atoms with Gasteiger partial charge in [0.25, 0.3) is 0 Å². The zero-order valence-corrected chi connectivity index (χ0v) is 13.5. The van der Waals surface area contributed by atoms with Crippen LogP contribution >= 0.6 is 15.9 Å². The molecule has 110 valence electrons. The topological polar surface area (TPSA) is 39.7 Å². The van der Waals surface area contributed by atoms with Crippen LogP contribution in [0.15, 0.2) is 34.8 Å². The van der Waals surface area contributed by atoms with Gasteiger partial charge in [-0.25, -0.2) is 0 Å². The predicted octanol–water partition coefficient (Wildman–Crippen LogP) is 4.11. The Hall–Kier alpha value is -1.88. The SMILES string of the molecule is COc1cc(CNc2ccc(Br)cc2C)cc2c1OCO2. The van der Waals surface area contributed by atoms with Crippen molar-refractivity contribution in [1.29, 1.82) is 0 Å². The first-order valence-corrected chi connectivity index (χ1v) is 7.43. The number of ether oxygens (including phenoxy) is 3. The number of methoxy groups -OCH3 is 1. The molecular formula is C16H16BrNO3. The fourth-order valence-corrected chi connectivity index (χ4v) is 2.78. The summed E-state index contributed by atoms with van der Waals surface area (Å²) in [4.78, 5) is 0. The van der Waals surface area contributed by atoms with Gasteiger partial charge in [0, 0.05) is 16.7 Å². The molecule has 0 unspecified atom stereocenters. The van der Waals surface area contributed by atoms with E-state index in [1.165, 1.54) is 5.56 Å². The third-order valence-electron chi connectivity index (χ3n) is 3.39. The number of nitrogens with one attached hydrogen (secondary N) is 1. The molecule has 0 saturated carbocycles. The Balaban J connectivity index is 1.79. The lowest BCUT2D eigenvalue weighted by Crippen LogP contribution is -2.01. The summed E-state index contributed by atoms with van der Waals surface area (Å²) in [6, 6.07) is 10.1. The number of hydrogen-bond acceptors (Lipinski definition) is 4. The molecule has 0 aliphatic carbocycles. The maximum atomic E-state index is 5.44. The molecule has 5 heteroatoms. The van der Waals surface area contributed by atoms with Crippen LogP contribution in [-0.4, -0.2) is 13.9 Å². The van der Waals surface area contributed by atoms with Crippen molar-refractivity contribution in [2.75, 3.05) is 19.2 Å². The first-order chi connectivity index (χ1) is 10.2. The fraction of sp³-hybridized carbons (Fsp3) is 0.250. The molecule has 0 spiro atoms. The number of hydrogen-bond donors (Lipinski definition) is 1. The van der Waals surface area contributed by atoms with Gasteiger partial charge in [-0.05, 0) is 48.4 Å². The molecule has 1 N–H and O–H groups in total. The van der Waals surface area contributed by atoms with Crippen LogP contribution in [0.1, 0.15) is 11.1 Å². The van der Waals surface area contributed by atoms with Gasteiger partial charge >= 0.3 is 0 Å². The van der Waals surface area contributed by atoms with Gasteiger partial charge in [0.15, 0.2) is 11.5 Å². The number of halogens is 1. The minimum absolute atomic E-state index is 0.244. The van der Waals surface area contributed by atoms with Crippen molar-refractivity contribution in [3.05, 3.63) is 45.9 Å². The quantitative estimate of drug-likeness (QED) is 0.901. The Labute approximate surface area is 132 Å². The van der Waals surface area contributed by atoms with E-state index in [-0.39, 0.29) is 6.79 Å². The lowest BCUT2D eigenvalue weighted by Gasteiger charge is -2.12. The van der Waals surface area contributed by atoms with E-state index in [4.69, 9.17) is 14.2 Å². The molecule has 0 saturated heterocycles. The van der Waals surface area contributed by atoms with Crippen LogP contribution < -0.4 is 19.5 Å². The van der Waals surface area contributed by atoms with Crippen molar-refractivity contribution in [3.8, 4) is 17.2 Å². The number of anilines is 1. The molecule has 0 atom stereocenters. The number of benzene rings is 2. The van der Waals surface area contributed by atoms with E-state index in [1.54, 1.807) is 7.11 Å². The van der Waals surface area contributed by atoms with Gasteiger partial charge in [0.1, 0.15) is 0 Å². The summed E-state index contributed by atoms with van der Waals surface area (Å²) in [7, 11) is 1.63. The minimum atomic E-state index is 0.244. The van der Waals surface area contributed by atoms with Gasteiger partial charge in [0.05, 0.1) is 7.11 Å². The van der Waals surface area contributed by atoms with Crippen LogP contribution in [-0.2, 0) is 6.54 Å². The fourth-order valence-electron chi connectivity index (χ4n) is 2.31. The molecule has 21 heavy (non-hydrogen) atoms. The van der Waals surface area contributed by atoms with E-state index in [1.807, 2.05) is 18.2 Å². The first-order valence-electron chi connectivity index (χ1n) is 6.64. The average Bonchev–Trinajstić information content (AvgIpc) is 2.93. The molecule has 0 aromatic heterocycles. The minimum Gasteiger partial charge on any atom is -0.493 e. The van der Waals surface area contributed by atoms with E-state index in [9.17, 15) is 0 Å². The van der Waals surface area contributed by atoms with Crippen molar-refractivity contribution in [3.63, 3.8) is 0 Å². The molecule has 0 bridgehead atoms. The normalized spacial score (nSPS) is 12.3. The Morgan fingerprint density at radius 2 is 2.10 bits per heavy atom. The molecule has 1 aliphatic rings. The molecule has 1 aliphatic heterocycles. The second-order valence-electron chi connectivity index (χ2n) is 4.84. The predicted molar refractivity (Wildman–Crippen MR) is 85.3 cm³/mol. The summed E-state index contributed by atoms with van der Waals surface area (Å²) in [5.74, 6) is 2.12. The summed E-state index contributed by atoms with van der Waals surface area (Å²) in [6.07, 6.45) is 0. The smallest absolute Gasteiger partial charge is 0.231 e. The molecule has 0 radical (unpaired) electrons. The van der Waals surface area contributed by atoms with Gasteiger partial charge in [-0.1, -0.05) is 15.9 Å². The first kappa shape index (κ1) is 14.1. The van der Waals surface area contributed by atoms with Gasteiger partial charge in [-0.3, -0.25) is 0 Å². The third kappa shape index (κ3) is 2.93. The Morgan fingerprint density at radius 1 is 1.24 bits per heavy atom. The highest BCUT2D eigenvalue weighted by Gasteiger charge is 2.19. The second kappa shape index (κ2) is 5.85. The highest BCUT2D eigenvalue weighted by molar-refractivity contribution is 9.10. The van der Waals surface area contributed by atoms with Crippen LogP contribution in [0.25, 0.3) is 0 Å². The van der Waals surface area contributed by atoms with E-state index in [0.29, 0.717) is 18.0 Å². The summed E-state index contributed by atoms with van der Waals surface area (Å²) in [6.45, 7) is 3.01. The molecule has 0 amide bonds. The lowest BCUT2D eigenvalue weighted by molar-refractivity contribution is 0.171. The summed E-state index contributed by atoms with van der Waals surface area (Å²) >= 11 is 3.47. The van der Waals surface area contributed by atoms with Gasteiger partial charge in [-0.15, -0.1) is 0 Å². The largest absolute Gasteiger partial charge is 0.493 e. The van der Waals surface area contributed by atoms with E-state index in [0.717, 1.165) is 21.5 Å². The molecule has 4 nitrogen and oxygen atoms in total. The number of fused-ring (bicyclic) bond motifs is 1. The van der Waals surface area contributed by atoms with Gasteiger partial charge in [0.2, 0.25) is 12.5 Å². The van der Waals surface area contributed by atoms with E-state index < -0.39 is 0 Å². The van der Waals surface area contributed by atoms with E-state index >= 15 is 0 Å². The second-order valence-corrected chi connectivity index (χ2v) is 5.76. The van der Waals surface area contributed by atoms with Crippen LogP contribution in [0.4, 0.5) is 5.69 Å². The van der Waals surface area contributed by atoms with Crippen LogP contribution in [0.5, 0.6) is 17.2 Å². The molecule has 2 aromatic carbocycles. The standard InChI is InChI=1S/C16H16BrNO3/c1-10-5-12(17)3-4-13(10)18-8-11-6-14(19-2)16-15(7-11)20-9-21-16/h3-7,18H,8-9H2,1-2H3. The Kier molecular flexibility index (Phi) is 3.92. The molecule has 3 rings (SSSR count). The van der Waals surface area contributed by atoms with E-state index in [2.05, 4.69) is 40.3 Å². The zero-order chi connectivity index (χ0) is 14.8. The molecular weight excluding hydrogens is 334 g/mol. The van der Waals surface area contributed by atoms with Gasteiger partial charge < -0.3 is 19.5 Å². The van der Waals surface area contributed by atoms with Crippen molar-refractivity contribution < 1.29 is 14.2 Å². The van der Waals surface area contributed by atoms with Gasteiger partial charge in [-0.2, -0.15) is 0 Å². The van der Waals surface area contributed by atoms with Crippen molar-refractivity contribution in [2.45, 2.75) is 13.5 Å². The van der Waals surface area contributed by atoms with Crippen LogP contribution in [0.2, 0.25) is 0 Å². The number of rotatable bonds is 4. The Morgan fingerprint density at radius 3 is 2.86 bits per heavy atom.